The maximum atomic E-state index is 13.2. The first-order valence-electron chi connectivity index (χ1n) is 34.9. The SMILES string of the molecule is CCCCCCCCCCC/C=C\C/C=C\CCCCCCCCCCCCCCCCCCCC(=O)NC(COC1OC(CO)C(O)C(OS(=O)(=O)O)C1O)C(O)/C=C/CCCCCCCCCCCCCCCCCCCCCC. The van der Waals surface area contributed by atoms with Crippen molar-refractivity contribution in [3.8, 4) is 0 Å². The topological polar surface area (TPSA) is 192 Å². The summed E-state index contributed by atoms with van der Waals surface area (Å²) in [6.45, 7) is 3.45. The average Bonchev–Trinajstić information content (AvgIpc) is 3.60. The highest BCUT2D eigenvalue weighted by Crippen LogP contribution is 2.26. The summed E-state index contributed by atoms with van der Waals surface area (Å²) >= 11 is 0. The first kappa shape index (κ1) is 78.3. The first-order valence-corrected chi connectivity index (χ1v) is 36.2. The average molecular weight is 1180 g/mol. The Balaban J connectivity index is 2.24. The van der Waals surface area contributed by atoms with Crippen molar-refractivity contribution in [3.05, 3.63) is 36.5 Å². The fraction of sp³-hybridized carbons (Fsp3) is 0.899. The number of amides is 1. The Labute approximate surface area is 505 Å². The van der Waals surface area contributed by atoms with E-state index in [-0.39, 0.29) is 18.9 Å². The highest BCUT2D eigenvalue weighted by Gasteiger charge is 2.48. The number of ether oxygens (including phenoxy) is 2. The summed E-state index contributed by atoms with van der Waals surface area (Å²) in [6.07, 6.45) is 67.9. The minimum Gasteiger partial charge on any atom is -0.394 e. The molecule has 13 heteroatoms. The Morgan fingerprint density at radius 3 is 1.16 bits per heavy atom. The van der Waals surface area contributed by atoms with Crippen LogP contribution in [0.5, 0.6) is 0 Å². The number of carbonyl (C=O) groups excluding carboxylic acids is 1. The molecule has 1 heterocycles. The van der Waals surface area contributed by atoms with Gasteiger partial charge in [0.05, 0.1) is 25.4 Å². The van der Waals surface area contributed by atoms with Crippen LogP contribution in [-0.4, -0.2) is 95.4 Å². The van der Waals surface area contributed by atoms with Gasteiger partial charge in [0.25, 0.3) is 0 Å². The van der Waals surface area contributed by atoms with Gasteiger partial charge in [0.15, 0.2) is 6.29 Å². The number of hydrogen-bond donors (Lipinski definition) is 6. The van der Waals surface area contributed by atoms with E-state index in [0.717, 1.165) is 44.9 Å². The molecule has 0 bridgehead atoms. The van der Waals surface area contributed by atoms with Gasteiger partial charge in [-0.3, -0.25) is 9.35 Å². The van der Waals surface area contributed by atoms with E-state index in [4.69, 9.17) is 9.47 Å². The summed E-state index contributed by atoms with van der Waals surface area (Å²) in [6, 6.07) is -0.945. The van der Waals surface area contributed by atoms with Crippen LogP contribution in [0, 0.1) is 0 Å². The van der Waals surface area contributed by atoms with Gasteiger partial charge in [-0.15, -0.1) is 0 Å². The molecule has 82 heavy (non-hydrogen) atoms. The van der Waals surface area contributed by atoms with Gasteiger partial charge in [-0.1, -0.05) is 320 Å². The Bertz CT molecular complexity index is 1580. The quantitative estimate of drug-likeness (QED) is 0.0193. The molecule has 1 aliphatic heterocycles. The van der Waals surface area contributed by atoms with E-state index >= 15 is 0 Å². The highest BCUT2D eigenvalue weighted by atomic mass is 32.3. The second kappa shape index (κ2) is 58.3. The van der Waals surface area contributed by atoms with E-state index in [9.17, 15) is 38.2 Å². The Morgan fingerprint density at radius 1 is 0.488 bits per heavy atom. The normalized spacial score (nSPS) is 18.6. The number of unbranched alkanes of at least 4 members (excludes halogenated alkanes) is 46. The lowest BCUT2D eigenvalue weighted by molar-refractivity contribution is -0.298. The Hall–Kier alpha value is -1.68. The molecule has 0 aromatic heterocycles. The number of nitrogens with one attached hydrogen (secondary N) is 1. The van der Waals surface area contributed by atoms with Gasteiger partial charge in [-0.05, 0) is 51.4 Å². The molecule has 12 nitrogen and oxygen atoms in total. The molecule has 0 saturated carbocycles. The molecule has 7 atom stereocenters. The summed E-state index contributed by atoms with van der Waals surface area (Å²) in [5, 5.41) is 45.2. The maximum Gasteiger partial charge on any atom is 0.397 e. The number of allylic oxidation sites excluding steroid dienone is 5. The molecule has 0 spiro atoms. The Kier molecular flexibility index (Phi) is 55.7. The van der Waals surface area contributed by atoms with Gasteiger partial charge in [0.2, 0.25) is 5.91 Å². The molecule has 6 N–H and O–H groups in total. The van der Waals surface area contributed by atoms with E-state index < -0.39 is 59.9 Å². The standard InChI is InChI=1S/C69H131NO11S/c1-3-5-7-9-11-13-15-17-19-21-23-25-27-28-29-30-31-32-33-34-35-36-37-39-41-43-45-47-49-51-53-55-57-59-65(73)70-62(61-79-69-67(75)68(81-82(76,77)78)66(74)64(60-71)80-69)63(72)58-56-54-52-50-48-46-44-42-40-38-26-24-22-20-18-16-14-12-10-8-6-4-2/h23,25,28-29,56,58,62-64,66-69,71-72,74-75H,3-22,24,26-27,30-55,57,59-61H2,1-2H3,(H,70,73)(H,76,77,78)/b25-23-,29-28-,58-56+. The molecule has 0 aromatic carbocycles. The zero-order valence-corrected chi connectivity index (χ0v) is 53.9. The van der Waals surface area contributed by atoms with E-state index in [1.807, 2.05) is 6.08 Å². The van der Waals surface area contributed by atoms with Crippen LogP contribution in [0.2, 0.25) is 0 Å². The van der Waals surface area contributed by atoms with Crippen molar-refractivity contribution >= 4 is 16.3 Å². The third kappa shape index (κ3) is 49.4. The van der Waals surface area contributed by atoms with Crippen LogP contribution >= 0.6 is 0 Å². The van der Waals surface area contributed by atoms with Gasteiger partial charge in [-0.25, -0.2) is 4.18 Å². The summed E-state index contributed by atoms with van der Waals surface area (Å²) in [5.41, 5.74) is 0. The van der Waals surface area contributed by atoms with Gasteiger partial charge in [0, 0.05) is 6.42 Å². The first-order chi connectivity index (χ1) is 40.0. The van der Waals surface area contributed by atoms with Crippen LogP contribution in [0.3, 0.4) is 0 Å². The second-order valence-corrected chi connectivity index (χ2v) is 25.5. The van der Waals surface area contributed by atoms with Crippen LogP contribution in [0.1, 0.15) is 341 Å². The smallest absolute Gasteiger partial charge is 0.394 e. The molecule has 0 aromatic rings. The third-order valence-electron chi connectivity index (χ3n) is 16.7. The van der Waals surface area contributed by atoms with Crippen molar-refractivity contribution in [2.45, 2.75) is 384 Å². The Morgan fingerprint density at radius 2 is 0.817 bits per heavy atom. The van der Waals surface area contributed by atoms with Crippen LogP contribution in [0.25, 0.3) is 0 Å². The number of aliphatic hydroxyl groups excluding tert-OH is 4. The van der Waals surface area contributed by atoms with Crippen molar-refractivity contribution < 1.29 is 51.8 Å². The molecule has 1 rings (SSSR count). The van der Waals surface area contributed by atoms with Crippen LogP contribution in [-0.2, 0) is 28.9 Å². The summed E-state index contributed by atoms with van der Waals surface area (Å²) in [7, 11) is -5.09. The van der Waals surface area contributed by atoms with Gasteiger partial charge < -0.3 is 35.2 Å². The van der Waals surface area contributed by atoms with Gasteiger partial charge in [-0.2, -0.15) is 8.42 Å². The molecule has 0 radical (unpaired) electrons. The lowest BCUT2D eigenvalue weighted by Gasteiger charge is -2.41. The van der Waals surface area contributed by atoms with Gasteiger partial charge in [0.1, 0.15) is 24.4 Å². The molecule has 7 unspecified atom stereocenters. The molecule has 484 valence electrons. The number of hydrogen-bond acceptors (Lipinski definition) is 10. The van der Waals surface area contributed by atoms with Crippen molar-refractivity contribution in [3.63, 3.8) is 0 Å². The van der Waals surface area contributed by atoms with E-state index in [1.54, 1.807) is 6.08 Å². The number of carbonyl (C=O) groups is 1. The van der Waals surface area contributed by atoms with E-state index in [1.165, 1.54) is 270 Å². The monoisotopic (exact) mass is 1180 g/mol. The number of aliphatic hydroxyl groups is 4. The zero-order chi connectivity index (χ0) is 59.7. The fourth-order valence-corrected chi connectivity index (χ4v) is 11.8. The molecule has 1 aliphatic rings. The molecule has 1 amide bonds. The fourth-order valence-electron chi connectivity index (χ4n) is 11.3. The van der Waals surface area contributed by atoms with E-state index in [0.29, 0.717) is 6.42 Å². The molecule has 0 aliphatic carbocycles. The molecular formula is C69H131NO11S. The van der Waals surface area contributed by atoms with Crippen molar-refractivity contribution in [1.82, 2.24) is 5.32 Å². The minimum absolute atomic E-state index is 0.256. The lowest BCUT2D eigenvalue weighted by Crippen LogP contribution is -2.61. The molecular weight excluding hydrogens is 1050 g/mol. The maximum absolute atomic E-state index is 13.2. The van der Waals surface area contributed by atoms with Crippen LogP contribution in [0.4, 0.5) is 0 Å². The summed E-state index contributed by atoms with van der Waals surface area (Å²) < 4.78 is 48.0. The van der Waals surface area contributed by atoms with Crippen LogP contribution < -0.4 is 5.32 Å². The highest BCUT2D eigenvalue weighted by molar-refractivity contribution is 7.80. The van der Waals surface area contributed by atoms with E-state index in [2.05, 4.69) is 47.7 Å². The second-order valence-electron chi connectivity index (χ2n) is 24.5. The molecule has 1 saturated heterocycles. The van der Waals surface area contributed by atoms with Gasteiger partial charge >= 0.3 is 10.4 Å². The third-order valence-corrected chi connectivity index (χ3v) is 17.1. The predicted molar refractivity (Wildman–Crippen MR) is 342 cm³/mol. The van der Waals surface area contributed by atoms with Crippen molar-refractivity contribution in [2.75, 3.05) is 13.2 Å². The minimum atomic E-state index is -5.09. The van der Waals surface area contributed by atoms with Crippen molar-refractivity contribution in [2.24, 2.45) is 0 Å². The lowest BCUT2D eigenvalue weighted by atomic mass is 9.99. The summed E-state index contributed by atoms with van der Waals surface area (Å²) in [4.78, 5) is 13.2. The molecule has 1 fully saturated rings. The van der Waals surface area contributed by atoms with Crippen LogP contribution in [0.15, 0.2) is 36.5 Å². The summed E-state index contributed by atoms with van der Waals surface area (Å²) in [5.74, 6) is -0.256. The zero-order valence-electron chi connectivity index (χ0n) is 53.1. The largest absolute Gasteiger partial charge is 0.397 e. The van der Waals surface area contributed by atoms with Crippen molar-refractivity contribution in [1.29, 1.82) is 0 Å². The predicted octanol–water partition coefficient (Wildman–Crippen LogP) is 18.1. The number of rotatable bonds is 62.